The molecule has 0 spiro atoms. The van der Waals surface area contributed by atoms with Crippen LogP contribution in [-0.4, -0.2) is 27.7 Å². The van der Waals surface area contributed by atoms with Gasteiger partial charge in [0.05, 0.1) is 26.4 Å². The average molecular weight is 484 g/mol. The SMILES string of the molecule is Cc1sc2nc(CSC(C)C(=O)NCCCc3ccc(Cl)c(Cl)c3)[nH]c(=O)c2c1C. The molecule has 5 nitrogen and oxygen atoms in total. The highest BCUT2D eigenvalue weighted by atomic mass is 35.5. The van der Waals surface area contributed by atoms with E-state index in [9.17, 15) is 9.59 Å². The average Bonchev–Trinajstić information content (AvgIpc) is 2.99. The molecule has 0 bridgehead atoms. The number of aromatic nitrogens is 2. The van der Waals surface area contributed by atoms with Crippen molar-refractivity contribution in [3.63, 3.8) is 0 Å². The number of halogens is 2. The lowest BCUT2D eigenvalue weighted by Gasteiger charge is -2.12. The molecule has 0 saturated carbocycles. The second-order valence-corrected chi connectivity index (χ2v) is 10.4. The van der Waals surface area contributed by atoms with E-state index in [4.69, 9.17) is 23.2 Å². The van der Waals surface area contributed by atoms with Crippen molar-refractivity contribution in [2.45, 2.75) is 44.6 Å². The number of aryl methyl sites for hydroxylation is 3. The van der Waals surface area contributed by atoms with Gasteiger partial charge in [-0.2, -0.15) is 0 Å². The van der Waals surface area contributed by atoms with E-state index in [1.807, 2.05) is 32.9 Å². The first-order valence-corrected chi connectivity index (χ1v) is 12.2. The van der Waals surface area contributed by atoms with Crippen molar-refractivity contribution in [3.05, 3.63) is 60.4 Å². The predicted molar refractivity (Wildman–Crippen MR) is 128 cm³/mol. The Morgan fingerprint density at radius 2 is 2.07 bits per heavy atom. The fourth-order valence-electron chi connectivity index (χ4n) is 2.99. The first-order chi connectivity index (χ1) is 14.3. The summed E-state index contributed by atoms with van der Waals surface area (Å²) in [6.07, 6.45) is 1.62. The molecule has 0 fully saturated rings. The van der Waals surface area contributed by atoms with E-state index in [1.165, 1.54) is 23.1 Å². The Bertz CT molecular complexity index is 1130. The predicted octanol–water partition coefficient (Wildman–Crippen LogP) is 5.28. The highest BCUT2D eigenvalue weighted by Gasteiger charge is 2.16. The summed E-state index contributed by atoms with van der Waals surface area (Å²) in [6, 6.07) is 5.58. The Balaban J connectivity index is 1.47. The van der Waals surface area contributed by atoms with Crippen LogP contribution in [0.15, 0.2) is 23.0 Å². The molecule has 1 atom stereocenters. The topological polar surface area (TPSA) is 74.8 Å². The maximum absolute atomic E-state index is 12.4. The van der Waals surface area contributed by atoms with Crippen LogP contribution in [0, 0.1) is 13.8 Å². The first kappa shape index (κ1) is 23.1. The van der Waals surface area contributed by atoms with Gasteiger partial charge in [-0.25, -0.2) is 4.98 Å². The maximum atomic E-state index is 12.4. The maximum Gasteiger partial charge on any atom is 0.259 e. The molecule has 0 aliphatic rings. The highest BCUT2D eigenvalue weighted by Crippen LogP contribution is 2.26. The van der Waals surface area contributed by atoms with E-state index in [0.717, 1.165) is 33.7 Å². The Morgan fingerprint density at radius 3 is 2.80 bits per heavy atom. The number of thioether (sulfide) groups is 1. The van der Waals surface area contributed by atoms with Crippen LogP contribution in [0.4, 0.5) is 0 Å². The summed E-state index contributed by atoms with van der Waals surface area (Å²) in [5, 5.41) is 4.46. The van der Waals surface area contributed by atoms with Gasteiger partial charge in [0.25, 0.3) is 5.56 Å². The van der Waals surface area contributed by atoms with Gasteiger partial charge in [0.2, 0.25) is 5.91 Å². The minimum atomic E-state index is -0.247. The molecular formula is C21H23Cl2N3O2S2. The fourth-order valence-corrected chi connectivity index (χ4v) is 5.14. The number of fused-ring (bicyclic) bond motifs is 1. The van der Waals surface area contributed by atoms with Crippen molar-refractivity contribution in [1.29, 1.82) is 0 Å². The lowest BCUT2D eigenvalue weighted by atomic mass is 10.1. The van der Waals surface area contributed by atoms with Crippen LogP contribution in [0.1, 0.15) is 35.2 Å². The van der Waals surface area contributed by atoms with Gasteiger partial charge in [0.1, 0.15) is 10.7 Å². The van der Waals surface area contributed by atoms with Gasteiger partial charge in [0.15, 0.2) is 0 Å². The minimum absolute atomic E-state index is 0.0274. The highest BCUT2D eigenvalue weighted by molar-refractivity contribution is 7.99. The molecule has 3 rings (SSSR count). The van der Waals surface area contributed by atoms with Gasteiger partial charge in [-0.1, -0.05) is 29.3 Å². The molecule has 9 heteroatoms. The van der Waals surface area contributed by atoms with Crippen molar-refractivity contribution in [2.24, 2.45) is 0 Å². The lowest BCUT2D eigenvalue weighted by molar-refractivity contribution is -0.120. The third-order valence-corrected chi connectivity index (χ3v) is 7.85. The van der Waals surface area contributed by atoms with Crippen LogP contribution in [0.2, 0.25) is 10.0 Å². The van der Waals surface area contributed by atoms with Crippen molar-refractivity contribution in [1.82, 2.24) is 15.3 Å². The van der Waals surface area contributed by atoms with Crippen molar-refractivity contribution in [3.8, 4) is 0 Å². The summed E-state index contributed by atoms with van der Waals surface area (Å²) in [5.41, 5.74) is 1.96. The lowest BCUT2D eigenvalue weighted by Crippen LogP contribution is -2.32. The van der Waals surface area contributed by atoms with Gasteiger partial charge in [-0.3, -0.25) is 9.59 Å². The summed E-state index contributed by atoms with van der Waals surface area (Å²) in [4.78, 5) is 33.9. The minimum Gasteiger partial charge on any atom is -0.355 e. The number of rotatable bonds is 8. The number of benzene rings is 1. The number of carbonyl (C=O) groups excluding carboxylic acids is 1. The van der Waals surface area contributed by atoms with E-state index >= 15 is 0 Å². The molecule has 0 aliphatic carbocycles. The number of nitrogens with zero attached hydrogens (tertiary/aromatic N) is 1. The first-order valence-electron chi connectivity index (χ1n) is 9.58. The van der Waals surface area contributed by atoms with E-state index in [-0.39, 0.29) is 16.7 Å². The van der Waals surface area contributed by atoms with E-state index in [2.05, 4.69) is 15.3 Å². The summed E-state index contributed by atoms with van der Waals surface area (Å²) >= 11 is 14.9. The molecule has 30 heavy (non-hydrogen) atoms. The van der Waals surface area contributed by atoms with Crippen LogP contribution in [0.3, 0.4) is 0 Å². The van der Waals surface area contributed by atoms with Gasteiger partial charge in [-0.15, -0.1) is 23.1 Å². The number of carbonyl (C=O) groups is 1. The van der Waals surface area contributed by atoms with Crippen LogP contribution >= 0.6 is 46.3 Å². The summed E-state index contributed by atoms with van der Waals surface area (Å²) < 4.78 is 0. The molecule has 3 aromatic rings. The summed E-state index contributed by atoms with van der Waals surface area (Å²) in [6.45, 7) is 6.37. The van der Waals surface area contributed by atoms with Gasteiger partial charge in [0, 0.05) is 11.4 Å². The number of hydrogen-bond acceptors (Lipinski definition) is 5. The Kier molecular flexibility index (Phi) is 7.85. The largest absolute Gasteiger partial charge is 0.355 e. The second-order valence-electron chi connectivity index (χ2n) is 7.07. The molecule has 2 heterocycles. The van der Waals surface area contributed by atoms with Crippen LogP contribution in [0.25, 0.3) is 10.2 Å². The van der Waals surface area contributed by atoms with Gasteiger partial charge in [-0.05, 0) is 56.9 Å². The molecule has 0 aliphatic heterocycles. The molecule has 1 aromatic carbocycles. The van der Waals surface area contributed by atoms with Crippen LogP contribution in [0.5, 0.6) is 0 Å². The normalized spacial score (nSPS) is 12.3. The number of amides is 1. The van der Waals surface area contributed by atoms with Gasteiger partial charge >= 0.3 is 0 Å². The zero-order chi connectivity index (χ0) is 21.8. The van der Waals surface area contributed by atoms with Crippen molar-refractivity contribution in [2.75, 3.05) is 6.54 Å². The summed E-state index contributed by atoms with van der Waals surface area (Å²) in [7, 11) is 0. The Morgan fingerprint density at radius 1 is 1.30 bits per heavy atom. The number of thiophene rings is 1. The Hall–Kier alpha value is -1.54. The number of hydrogen-bond donors (Lipinski definition) is 2. The standard InChI is InChI=1S/C21H23Cl2N3O2S2/c1-11-12(2)30-21-18(11)20(28)25-17(26-21)10-29-13(3)19(27)24-8-4-5-14-6-7-15(22)16(23)9-14/h6-7,9,13H,4-5,8,10H2,1-3H3,(H,24,27)(H,25,26,28). The Labute approximate surface area is 193 Å². The molecule has 1 amide bonds. The molecule has 1 unspecified atom stereocenters. The van der Waals surface area contributed by atoms with Crippen molar-refractivity contribution >= 4 is 62.4 Å². The molecule has 160 valence electrons. The zero-order valence-electron chi connectivity index (χ0n) is 17.0. The second kappa shape index (κ2) is 10.2. The van der Waals surface area contributed by atoms with Crippen molar-refractivity contribution < 1.29 is 4.79 Å². The summed E-state index contributed by atoms with van der Waals surface area (Å²) in [5.74, 6) is 1.04. The molecule has 0 radical (unpaired) electrons. The zero-order valence-corrected chi connectivity index (χ0v) is 20.1. The monoisotopic (exact) mass is 483 g/mol. The fraction of sp³-hybridized carbons (Fsp3) is 0.381. The molecule has 0 saturated heterocycles. The van der Waals surface area contributed by atoms with Gasteiger partial charge < -0.3 is 10.3 Å². The number of aromatic amines is 1. The molecule has 2 aromatic heterocycles. The van der Waals surface area contributed by atoms with E-state index in [1.54, 1.807) is 6.07 Å². The van der Waals surface area contributed by atoms with Crippen LogP contribution in [-0.2, 0) is 17.0 Å². The third kappa shape index (κ3) is 5.58. The van der Waals surface area contributed by atoms with E-state index < -0.39 is 0 Å². The third-order valence-electron chi connectivity index (χ3n) is 4.85. The smallest absolute Gasteiger partial charge is 0.259 e. The van der Waals surface area contributed by atoms with E-state index in [0.29, 0.717) is 33.6 Å². The number of nitrogens with one attached hydrogen (secondary N) is 2. The van der Waals surface area contributed by atoms with Crippen LogP contribution < -0.4 is 10.9 Å². The molecule has 2 N–H and O–H groups in total. The number of H-pyrrole nitrogens is 1. The molecular weight excluding hydrogens is 461 g/mol. The quantitative estimate of drug-likeness (QED) is 0.427.